The third-order valence-corrected chi connectivity index (χ3v) is 4.68. The van der Waals surface area contributed by atoms with Crippen LogP contribution >= 0.6 is 0 Å². The summed E-state index contributed by atoms with van der Waals surface area (Å²) in [5, 5.41) is 0. The molecule has 0 heteroatoms. The van der Waals surface area contributed by atoms with Crippen LogP contribution in [0.15, 0.2) is 0 Å². The van der Waals surface area contributed by atoms with Crippen molar-refractivity contribution in [3.63, 3.8) is 0 Å². The summed E-state index contributed by atoms with van der Waals surface area (Å²) in [4.78, 5) is 0. The van der Waals surface area contributed by atoms with Crippen molar-refractivity contribution in [2.24, 2.45) is 5.92 Å². The maximum atomic E-state index is 1.90. The van der Waals surface area contributed by atoms with Crippen LogP contribution in [0.4, 0.5) is 0 Å². The number of hydrogen-bond acceptors (Lipinski definition) is 0. The van der Waals surface area contributed by atoms with Gasteiger partial charge in [-0.25, -0.2) is 0 Å². The van der Waals surface area contributed by atoms with Gasteiger partial charge in [0.15, 0.2) is 0 Å². The van der Waals surface area contributed by atoms with Gasteiger partial charge in [0.1, 0.15) is 0 Å². The first-order valence-corrected chi connectivity index (χ1v) is 7.79. The van der Waals surface area contributed by atoms with Crippen molar-refractivity contribution < 1.29 is 0 Å². The summed E-state index contributed by atoms with van der Waals surface area (Å²) in [6.07, 6.45) is 21.0. The molecule has 1 radical (unpaired) electrons. The lowest BCUT2D eigenvalue weighted by Gasteiger charge is -2.23. The zero-order valence-corrected chi connectivity index (χ0v) is 11.0. The van der Waals surface area contributed by atoms with E-state index in [0.29, 0.717) is 0 Å². The van der Waals surface area contributed by atoms with Crippen LogP contribution in [0.25, 0.3) is 0 Å². The van der Waals surface area contributed by atoms with E-state index in [-0.39, 0.29) is 0 Å². The fourth-order valence-corrected chi connectivity index (χ4v) is 3.59. The van der Waals surface area contributed by atoms with Gasteiger partial charge in [0.25, 0.3) is 0 Å². The molecule has 2 aliphatic carbocycles. The van der Waals surface area contributed by atoms with Gasteiger partial charge in [-0.2, -0.15) is 0 Å². The van der Waals surface area contributed by atoms with Crippen LogP contribution < -0.4 is 0 Å². The van der Waals surface area contributed by atoms with Crippen LogP contribution in [0.5, 0.6) is 0 Å². The Morgan fingerprint density at radius 3 is 2.19 bits per heavy atom. The lowest BCUT2D eigenvalue weighted by Crippen LogP contribution is -2.07. The monoisotopic (exact) mass is 221 g/mol. The van der Waals surface area contributed by atoms with Gasteiger partial charge in [0.2, 0.25) is 0 Å². The molecule has 2 aliphatic rings. The summed E-state index contributed by atoms with van der Waals surface area (Å²) >= 11 is 0. The topological polar surface area (TPSA) is 0 Å². The fraction of sp³-hybridized carbons (Fsp3) is 0.938. The molecular weight excluding hydrogens is 192 g/mol. The van der Waals surface area contributed by atoms with E-state index in [1.165, 1.54) is 89.9 Å². The van der Waals surface area contributed by atoms with Crippen molar-refractivity contribution in [3.05, 3.63) is 5.92 Å². The molecule has 0 aromatic heterocycles. The van der Waals surface area contributed by atoms with Gasteiger partial charge in [-0.3, -0.25) is 0 Å². The lowest BCUT2D eigenvalue weighted by molar-refractivity contribution is 0.327. The molecule has 0 spiro atoms. The van der Waals surface area contributed by atoms with E-state index in [2.05, 4.69) is 0 Å². The van der Waals surface area contributed by atoms with Crippen molar-refractivity contribution in [3.8, 4) is 0 Å². The molecule has 0 amide bonds. The second-order valence-corrected chi connectivity index (χ2v) is 6.06. The predicted molar refractivity (Wildman–Crippen MR) is 71.4 cm³/mol. The number of unbranched alkanes of at least 4 members (excludes halogenated alkanes) is 1. The minimum atomic E-state index is 1.10. The van der Waals surface area contributed by atoms with Crippen molar-refractivity contribution in [1.29, 1.82) is 0 Å². The number of rotatable bonds is 5. The Kier molecular flexibility index (Phi) is 5.72. The summed E-state index contributed by atoms with van der Waals surface area (Å²) < 4.78 is 0. The highest BCUT2D eigenvalue weighted by molar-refractivity contribution is 4.91. The molecule has 0 unspecified atom stereocenters. The summed E-state index contributed by atoms with van der Waals surface area (Å²) in [6.45, 7) is 0. The van der Waals surface area contributed by atoms with Crippen LogP contribution in [0.3, 0.4) is 0 Å². The summed E-state index contributed by atoms with van der Waals surface area (Å²) in [5.41, 5.74) is 0. The van der Waals surface area contributed by atoms with Crippen LogP contribution in [0, 0.1) is 11.8 Å². The quantitative estimate of drug-likeness (QED) is 0.525. The predicted octanol–water partition coefficient (Wildman–Crippen LogP) is 5.67. The fourth-order valence-electron chi connectivity index (χ4n) is 3.59. The van der Waals surface area contributed by atoms with Gasteiger partial charge < -0.3 is 0 Å². The standard InChI is InChI=1S/C16H29/c1-3-9-15(10-4-1)13-7-8-14-16-11-5-2-6-12-16/h15H,1-14H2. The molecule has 16 heavy (non-hydrogen) atoms. The second kappa shape index (κ2) is 7.35. The first-order chi connectivity index (χ1) is 7.95. The van der Waals surface area contributed by atoms with E-state index in [1.54, 1.807) is 0 Å². The van der Waals surface area contributed by atoms with Gasteiger partial charge in [0, 0.05) is 0 Å². The average molecular weight is 221 g/mol. The highest BCUT2D eigenvalue weighted by atomic mass is 14.2. The highest BCUT2D eigenvalue weighted by Gasteiger charge is 2.15. The summed E-state index contributed by atoms with van der Waals surface area (Å²) in [6, 6.07) is 0. The molecule has 0 aromatic rings. The van der Waals surface area contributed by atoms with Crippen LogP contribution in [0.2, 0.25) is 0 Å². The Morgan fingerprint density at radius 2 is 1.44 bits per heavy atom. The molecule has 0 aliphatic heterocycles. The first-order valence-electron chi connectivity index (χ1n) is 7.79. The van der Waals surface area contributed by atoms with Gasteiger partial charge >= 0.3 is 0 Å². The van der Waals surface area contributed by atoms with Crippen molar-refractivity contribution in [2.75, 3.05) is 0 Å². The van der Waals surface area contributed by atoms with Gasteiger partial charge in [-0.1, -0.05) is 70.6 Å². The third-order valence-electron chi connectivity index (χ3n) is 4.68. The summed E-state index contributed by atoms with van der Waals surface area (Å²) in [5.74, 6) is 3.00. The van der Waals surface area contributed by atoms with Gasteiger partial charge in [-0.05, 0) is 31.1 Å². The van der Waals surface area contributed by atoms with E-state index in [0.717, 1.165) is 5.92 Å². The Hall–Kier alpha value is 0. The third kappa shape index (κ3) is 4.47. The Balaban J connectivity index is 1.47. The largest absolute Gasteiger partial charge is 0.0533 e. The maximum Gasteiger partial charge on any atom is -0.0241 e. The van der Waals surface area contributed by atoms with E-state index < -0.39 is 0 Å². The first kappa shape index (κ1) is 12.5. The lowest BCUT2D eigenvalue weighted by atomic mass is 9.83. The highest BCUT2D eigenvalue weighted by Crippen LogP contribution is 2.32. The Morgan fingerprint density at radius 1 is 0.750 bits per heavy atom. The number of hydrogen-bond donors (Lipinski definition) is 0. The maximum absolute atomic E-state index is 1.90. The minimum absolute atomic E-state index is 1.10. The van der Waals surface area contributed by atoms with Crippen LogP contribution in [-0.4, -0.2) is 0 Å². The van der Waals surface area contributed by atoms with E-state index in [9.17, 15) is 0 Å². The molecule has 93 valence electrons. The molecular formula is C16H29. The molecule has 2 saturated carbocycles. The smallest absolute Gasteiger partial charge is 0.0241 e. The van der Waals surface area contributed by atoms with Crippen molar-refractivity contribution in [1.82, 2.24) is 0 Å². The van der Waals surface area contributed by atoms with Crippen molar-refractivity contribution in [2.45, 2.75) is 89.9 Å². The Labute approximate surface area is 102 Å². The van der Waals surface area contributed by atoms with Crippen LogP contribution in [-0.2, 0) is 0 Å². The SMILES string of the molecule is C1CC[C](CCCCC2CCCCC2)CC1. The van der Waals surface area contributed by atoms with Crippen LogP contribution in [0.1, 0.15) is 89.9 Å². The zero-order chi connectivity index (χ0) is 11.1. The molecule has 0 N–H and O–H groups in total. The summed E-state index contributed by atoms with van der Waals surface area (Å²) in [7, 11) is 0. The molecule has 0 heterocycles. The van der Waals surface area contributed by atoms with Gasteiger partial charge in [-0.15, -0.1) is 0 Å². The van der Waals surface area contributed by atoms with Gasteiger partial charge in [0.05, 0.1) is 0 Å². The molecule has 0 aromatic carbocycles. The molecule has 0 atom stereocenters. The van der Waals surface area contributed by atoms with Crippen molar-refractivity contribution >= 4 is 0 Å². The van der Waals surface area contributed by atoms with E-state index >= 15 is 0 Å². The average Bonchev–Trinajstić information content (AvgIpc) is 2.37. The molecule has 2 rings (SSSR count). The van der Waals surface area contributed by atoms with E-state index in [4.69, 9.17) is 0 Å². The molecule has 0 bridgehead atoms. The molecule has 0 saturated heterocycles. The Bertz CT molecular complexity index is 141. The molecule has 2 fully saturated rings. The zero-order valence-electron chi connectivity index (χ0n) is 11.0. The van der Waals surface area contributed by atoms with E-state index in [1.807, 2.05) is 5.92 Å². The second-order valence-electron chi connectivity index (χ2n) is 6.06. The molecule has 0 nitrogen and oxygen atoms in total. The minimum Gasteiger partial charge on any atom is -0.0533 e. The normalized spacial score (nSPS) is 24.8.